The minimum Gasteiger partial charge on any atom is -0.461 e. The van der Waals surface area contributed by atoms with Crippen LogP contribution in [0.25, 0.3) is 11.5 Å². The fourth-order valence-corrected chi connectivity index (χ4v) is 4.11. The van der Waals surface area contributed by atoms with Crippen molar-refractivity contribution in [1.82, 2.24) is 15.0 Å². The smallest absolute Gasteiger partial charge is 0.434 e. The maximum atomic E-state index is 12.8. The molecule has 0 aromatic carbocycles. The van der Waals surface area contributed by atoms with Crippen LogP contribution in [0.4, 0.5) is 13.2 Å². The van der Waals surface area contributed by atoms with E-state index in [1.54, 1.807) is 18.4 Å². The normalized spacial score (nSPS) is 19.1. The third-order valence-corrected chi connectivity index (χ3v) is 5.38. The van der Waals surface area contributed by atoms with Gasteiger partial charge in [0.25, 0.3) is 0 Å². The molecule has 0 bridgehead atoms. The van der Waals surface area contributed by atoms with Gasteiger partial charge in [-0.2, -0.15) is 13.2 Å². The van der Waals surface area contributed by atoms with E-state index in [4.69, 9.17) is 8.94 Å². The quantitative estimate of drug-likeness (QED) is 0.648. The van der Waals surface area contributed by atoms with Crippen LogP contribution in [-0.4, -0.2) is 28.1 Å². The number of hydrogen-bond donors (Lipinski definition) is 0. The number of hydrogen-bond acceptors (Lipinski definition) is 6. The van der Waals surface area contributed by atoms with Gasteiger partial charge in [-0.1, -0.05) is 5.16 Å². The average molecular weight is 383 g/mol. The van der Waals surface area contributed by atoms with Gasteiger partial charge in [0.15, 0.2) is 11.5 Å². The van der Waals surface area contributed by atoms with E-state index in [0.717, 1.165) is 41.8 Å². The van der Waals surface area contributed by atoms with Crippen LogP contribution < -0.4 is 0 Å². The summed E-state index contributed by atoms with van der Waals surface area (Å²) in [7, 11) is 0. The molecule has 1 atom stereocenters. The summed E-state index contributed by atoms with van der Waals surface area (Å²) in [5, 5.41) is 5.71. The van der Waals surface area contributed by atoms with Crippen LogP contribution >= 0.6 is 11.3 Å². The van der Waals surface area contributed by atoms with Crippen molar-refractivity contribution in [3.05, 3.63) is 46.2 Å². The topological polar surface area (TPSA) is 55.3 Å². The third kappa shape index (κ3) is 3.68. The lowest BCUT2D eigenvalue weighted by Crippen LogP contribution is -2.34. The number of piperidine rings is 1. The molecule has 4 rings (SSSR count). The van der Waals surface area contributed by atoms with Crippen LogP contribution in [0, 0.1) is 0 Å². The van der Waals surface area contributed by atoms with Crippen molar-refractivity contribution in [2.45, 2.75) is 31.5 Å². The third-order valence-electron chi connectivity index (χ3n) is 4.38. The number of alkyl halides is 3. The highest BCUT2D eigenvalue weighted by Crippen LogP contribution is 2.35. The molecule has 5 nitrogen and oxygen atoms in total. The minimum atomic E-state index is -4.38. The zero-order chi connectivity index (χ0) is 18.1. The summed E-state index contributed by atoms with van der Waals surface area (Å²) in [5.41, 5.74) is -0.0265. The maximum Gasteiger partial charge on any atom is 0.434 e. The number of likely N-dealkylation sites (tertiary alicyclic amines) is 1. The van der Waals surface area contributed by atoms with Gasteiger partial charge in [0.1, 0.15) is 0 Å². The van der Waals surface area contributed by atoms with Crippen molar-refractivity contribution >= 4 is 11.3 Å². The van der Waals surface area contributed by atoms with Crippen LogP contribution in [0.3, 0.4) is 0 Å². The Hall–Kier alpha value is -2.13. The Balaban J connectivity index is 1.42. The summed E-state index contributed by atoms with van der Waals surface area (Å²) < 4.78 is 48.9. The van der Waals surface area contributed by atoms with E-state index in [0.29, 0.717) is 29.6 Å². The lowest BCUT2D eigenvalue weighted by molar-refractivity contribution is -0.140. The number of thiazole rings is 1. The van der Waals surface area contributed by atoms with E-state index >= 15 is 0 Å². The monoisotopic (exact) mass is 383 g/mol. The molecule has 26 heavy (non-hydrogen) atoms. The Bertz CT molecular complexity index is 857. The van der Waals surface area contributed by atoms with Crippen LogP contribution in [-0.2, 0) is 12.7 Å². The summed E-state index contributed by atoms with van der Waals surface area (Å²) >= 11 is 1.09. The molecular formula is C17H16F3N3O2S. The number of rotatable bonds is 4. The fraction of sp³-hybridized carbons (Fsp3) is 0.412. The van der Waals surface area contributed by atoms with Gasteiger partial charge >= 0.3 is 6.18 Å². The van der Waals surface area contributed by atoms with Gasteiger partial charge in [-0.05, 0) is 31.5 Å². The first kappa shape index (κ1) is 17.3. The summed E-state index contributed by atoms with van der Waals surface area (Å²) in [6.45, 7) is 2.11. The molecule has 1 unspecified atom stereocenters. The molecule has 0 N–H and O–H groups in total. The van der Waals surface area contributed by atoms with Crippen LogP contribution in [0.5, 0.6) is 0 Å². The molecule has 0 spiro atoms. The molecule has 1 saturated heterocycles. The van der Waals surface area contributed by atoms with Gasteiger partial charge in [-0.3, -0.25) is 4.90 Å². The summed E-state index contributed by atoms with van der Waals surface area (Å²) in [5.74, 6) is 1.19. The molecule has 0 aliphatic carbocycles. The average Bonchev–Trinajstić information content (AvgIpc) is 3.35. The van der Waals surface area contributed by atoms with E-state index in [9.17, 15) is 13.2 Å². The molecule has 4 heterocycles. The van der Waals surface area contributed by atoms with Crippen molar-refractivity contribution < 1.29 is 22.1 Å². The van der Waals surface area contributed by atoms with Crippen molar-refractivity contribution in [3.63, 3.8) is 0 Å². The minimum absolute atomic E-state index is 0.0151. The van der Waals surface area contributed by atoms with E-state index in [1.807, 2.05) is 6.07 Å². The molecule has 1 aliphatic heterocycles. The molecule has 0 amide bonds. The standard InChI is InChI=1S/C17H16F3N3O2S/c18-17(19,20)15-10-26-16(21-15)11-3-1-5-23(8-11)9-12-7-14(25-22-12)13-4-2-6-24-13/h2,4,6-7,10-11H,1,3,5,8-9H2. The number of halogens is 3. The Labute approximate surface area is 151 Å². The fourth-order valence-electron chi connectivity index (χ4n) is 3.16. The summed E-state index contributed by atoms with van der Waals surface area (Å²) in [6, 6.07) is 5.39. The highest BCUT2D eigenvalue weighted by atomic mass is 32.1. The van der Waals surface area contributed by atoms with Gasteiger partial charge in [0.2, 0.25) is 5.76 Å². The summed E-state index contributed by atoms with van der Waals surface area (Å²) in [4.78, 5) is 5.98. The molecule has 0 saturated carbocycles. The van der Waals surface area contributed by atoms with Gasteiger partial charge in [0.05, 0.1) is 17.0 Å². The zero-order valence-corrected chi connectivity index (χ0v) is 14.5. The lowest BCUT2D eigenvalue weighted by atomic mass is 9.98. The van der Waals surface area contributed by atoms with Gasteiger partial charge in [0, 0.05) is 30.5 Å². The Kier molecular flexibility index (Phi) is 4.58. The van der Waals surface area contributed by atoms with Crippen LogP contribution in [0.2, 0.25) is 0 Å². The Morgan fingerprint density at radius 3 is 2.92 bits per heavy atom. The molecule has 3 aromatic rings. The second-order valence-corrected chi connectivity index (χ2v) is 7.19. The second-order valence-electron chi connectivity index (χ2n) is 6.30. The molecule has 0 radical (unpaired) electrons. The van der Waals surface area contributed by atoms with Crippen LogP contribution in [0.15, 0.2) is 38.8 Å². The van der Waals surface area contributed by atoms with E-state index in [1.165, 1.54) is 0 Å². The molecule has 1 fully saturated rings. The van der Waals surface area contributed by atoms with Crippen molar-refractivity contribution in [2.24, 2.45) is 0 Å². The number of nitrogens with zero attached hydrogens (tertiary/aromatic N) is 3. The zero-order valence-electron chi connectivity index (χ0n) is 13.7. The predicted octanol–water partition coefficient (Wildman–Crippen LogP) is 4.79. The molecule has 138 valence electrons. The Morgan fingerprint density at radius 1 is 1.31 bits per heavy atom. The first-order valence-electron chi connectivity index (χ1n) is 8.23. The number of furan rings is 1. The van der Waals surface area contributed by atoms with E-state index in [-0.39, 0.29) is 5.92 Å². The number of aromatic nitrogens is 2. The van der Waals surface area contributed by atoms with E-state index in [2.05, 4.69) is 15.0 Å². The molecule has 9 heteroatoms. The molecule has 1 aliphatic rings. The van der Waals surface area contributed by atoms with Gasteiger partial charge in [-0.15, -0.1) is 11.3 Å². The first-order valence-corrected chi connectivity index (χ1v) is 9.11. The van der Waals surface area contributed by atoms with Gasteiger partial charge < -0.3 is 8.94 Å². The second kappa shape index (κ2) is 6.88. The molecular weight excluding hydrogens is 367 g/mol. The largest absolute Gasteiger partial charge is 0.461 e. The predicted molar refractivity (Wildman–Crippen MR) is 88.6 cm³/mol. The molecule has 3 aromatic heterocycles. The lowest BCUT2D eigenvalue weighted by Gasteiger charge is -2.31. The van der Waals surface area contributed by atoms with Crippen molar-refractivity contribution in [3.8, 4) is 11.5 Å². The SMILES string of the molecule is FC(F)(F)c1csc(C2CCCN(Cc3cc(-c4ccco4)on3)C2)n1. The summed E-state index contributed by atoms with van der Waals surface area (Å²) in [6.07, 6.45) is -1.06. The van der Waals surface area contributed by atoms with Crippen molar-refractivity contribution in [2.75, 3.05) is 13.1 Å². The maximum absolute atomic E-state index is 12.8. The van der Waals surface area contributed by atoms with Gasteiger partial charge in [-0.25, -0.2) is 4.98 Å². The first-order chi connectivity index (χ1) is 12.5. The van der Waals surface area contributed by atoms with Crippen LogP contribution in [0.1, 0.15) is 35.2 Å². The highest BCUT2D eigenvalue weighted by molar-refractivity contribution is 7.09. The van der Waals surface area contributed by atoms with Crippen molar-refractivity contribution in [1.29, 1.82) is 0 Å². The van der Waals surface area contributed by atoms with E-state index < -0.39 is 11.9 Å². The Morgan fingerprint density at radius 2 is 2.19 bits per heavy atom. The highest BCUT2D eigenvalue weighted by Gasteiger charge is 2.35.